The second-order valence-corrected chi connectivity index (χ2v) is 6.07. The molecule has 2 nitrogen and oxygen atoms in total. The van der Waals surface area contributed by atoms with Gasteiger partial charge in [-0.2, -0.15) is 0 Å². The summed E-state index contributed by atoms with van der Waals surface area (Å²) in [6.45, 7) is 3.86. The maximum Gasteiger partial charge on any atom is 0.144 e. The van der Waals surface area contributed by atoms with Gasteiger partial charge in [0.2, 0.25) is 0 Å². The van der Waals surface area contributed by atoms with E-state index in [0.717, 1.165) is 44.3 Å². The predicted molar refractivity (Wildman–Crippen MR) is 79.6 cm³/mol. The minimum atomic E-state index is -0.439. The first kappa shape index (κ1) is 15.5. The van der Waals surface area contributed by atoms with Gasteiger partial charge in [-0.25, -0.2) is 4.39 Å². The van der Waals surface area contributed by atoms with Crippen LogP contribution in [-0.2, 0) is 11.2 Å². The Morgan fingerprint density at radius 1 is 1.50 bits per heavy atom. The number of Topliss-reactive ketones (excluding diaryl/α,β-unsaturated/α-hetero) is 1. The van der Waals surface area contributed by atoms with E-state index in [1.165, 1.54) is 6.07 Å². The molecule has 0 spiro atoms. The molecule has 0 aliphatic carbocycles. The van der Waals surface area contributed by atoms with Crippen molar-refractivity contribution in [3.05, 3.63) is 34.6 Å². The van der Waals surface area contributed by atoms with E-state index in [9.17, 15) is 9.18 Å². The summed E-state index contributed by atoms with van der Waals surface area (Å²) in [5, 5.41) is 3.43. The van der Waals surface area contributed by atoms with Crippen molar-refractivity contribution in [2.45, 2.75) is 39.0 Å². The topological polar surface area (TPSA) is 29.1 Å². The standard InChI is InChI=1S/C16H21ClFNO/c1-2-6-16(7-3-8-19-11-16)15(20)10-12-4-5-14(18)13(17)9-12/h4-5,9,19H,2-3,6-8,10-11H2,1H3. The van der Waals surface area contributed by atoms with Gasteiger partial charge in [-0.05, 0) is 43.5 Å². The third kappa shape index (κ3) is 3.39. The van der Waals surface area contributed by atoms with Crippen LogP contribution >= 0.6 is 11.6 Å². The first-order valence-electron chi connectivity index (χ1n) is 7.25. The zero-order valence-corrected chi connectivity index (χ0v) is 12.6. The molecule has 0 radical (unpaired) electrons. The maximum absolute atomic E-state index is 13.2. The van der Waals surface area contributed by atoms with Crippen LogP contribution in [0.4, 0.5) is 4.39 Å². The van der Waals surface area contributed by atoms with Gasteiger partial charge in [-0.3, -0.25) is 4.79 Å². The Balaban J connectivity index is 2.13. The number of carbonyl (C=O) groups excluding carboxylic acids is 1. The van der Waals surface area contributed by atoms with Gasteiger partial charge in [0, 0.05) is 18.4 Å². The third-order valence-electron chi connectivity index (χ3n) is 4.14. The molecular formula is C16H21ClFNO. The molecule has 2 rings (SSSR count). The fourth-order valence-corrected chi connectivity index (χ4v) is 3.26. The number of halogens is 2. The average Bonchev–Trinajstić information content (AvgIpc) is 2.44. The van der Waals surface area contributed by atoms with E-state index < -0.39 is 5.82 Å². The number of nitrogens with one attached hydrogen (secondary N) is 1. The molecule has 1 fully saturated rings. The van der Waals surface area contributed by atoms with E-state index in [0.29, 0.717) is 6.42 Å². The SMILES string of the molecule is CCCC1(C(=O)Cc2ccc(F)c(Cl)c2)CCCNC1. The van der Waals surface area contributed by atoms with E-state index in [-0.39, 0.29) is 16.2 Å². The summed E-state index contributed by atoms with van der Waals surface area (Å²) in [6, 6.07) is 4.54. The largest absolute Gasteiger partial charge is 0.316 e. The van der Waals surface area contributed by atoms with Crippen molar-refractivity contribution >= 4 is 17.4 Å². The van der Waals surface area contributed by atoms with Crippen molar-refractivity contribution in [2.75, 3.05) is 13.1 Å². The van der Waals surface area contributed by atoms with Crippen LogP contribution in [0.3, 0.4) is 0 Å². The van der Waals surface area contributed by atoms with E-state index in [2.05, 4.69) is 12.2 Å². The van der Waals surface area contributed by atoms with Crippen LogP contribution in [0.1, 0.15) is 38.2 Å². The Morgan fingerprint density at radius 3 is 2.90 bits per heavy atom. The van der Waals surface area contributed by atoms with Crippen LogP contribution in [-0.4, -0.2) is 18.9 Å². The molecule has 1 saturated heterocycles. The zero-order chi connectivity index (χ0) is 14.6. The lowest BCUT2D eigenvalue weighted by atomic mass is 9.72. The molecule has 0 saturated carbocycles. The van der Waals surface area contributed by atoms with E-state index in [1.807, 2.05) is 0 Å². The Bertz CT molecular complexity index is 478. The number of benzene rings is 1. The highest BCUT2D eigenvalue weighted by Gasteiger charge is 2.37. The quantitative estimate of drug-likeness (QED) is 0.896. The maximum atomic E-state index is 13.2. The molecule has 0 bridgehead atoms. The van der Waals surface area contributed by atoms with Crippen molar-refractivity contribution in [1.29, 1.82) is 0 Å². The summed E-state index contributed by atoms with van der Waals surface area (Å²) >= 11 is 5.78. The van der Waals surface area contributed by atoms with Crippen LogP contribution in [0.5, 0.6) is 0 Å². The van der Waals surface area contributed by atoms with E-state index in [1.54, 1.807) is 12.1 Å². The zero-order valence-electron chi connectivity index (χ0n) is 11.8. The van der Waals surface area contributed by atoms with Crippen LogP contribution < -0.4 is 5.32 Å². The Kier molecular flexibility index (Phi) is 5.17. The van der Waals surface area contributed by atoms with E-state index >= 15 is 0 Å². The van der Waals surface area contributed by atoms with Gasteiger partial charge in [-0.1, -0.05) is 31.0 Å². The summed E-state index contributed by atoms with van der Waals surface area (Å²) in [5.74, 6) is -0.195. The summed E-state index contributed by atoms with van der Waals surface area (Å²) in [7, 11) is 0. The molecule has 1 unspecified atom stereocenters. The molecule has 0 aromatic heterocycles. The third-order valence-corrected chi connectivity index (χ3v) is 4.43. The van der Waals surface area contributed by atoms with Crippen LogP contribution in [0.2, 0.25) is 5.02 Å². The lowest BCUT2D eigenvalue weighted by Crippen LogP contribution is -2.46. The van der Waals surface area contributed by atoms with Gasteiger partial charge < -0.3 is 5.32 Å². The second-order valence-electron chi connectivity index (χ2n) is 5.66. The summed E-state index contributed by atoms with van der Waals surface area (Å²) in [5.41, 5.74) is 0.538. The fourth-order valence-electron chi connectivity index (χ4n) is 3.06. The monoisotopic (exact) mass is 297 g/mol. The van der Waals surface area contributed by atoms with Crippen LogP contribution in [0.15, 0.2) is 18.2 Å². The number of carbonyl (C=O) groups is 1. The van der Waals surface area contributed by atoms with Gasteiger partial charge in [0.05, 0.1) is 5.02 Å². The Hall–Kier alpha value is -0.930. The lowest BCUT2D eigenvalue weighted by Gasteiger charge is -2.36. The second kappa shape index (κ2) is 6.68. The van der Waals surface area contributed by atoms with Gasteiger partial charge >= 0.3 is 0 Å². The summed E-state index contributed by atoms with van der Waals surface area (Å²) < 4.78 is 13.2. The molecule has 1 aliphatic rings. The number of hydrogen-bond acceptors (Lipinski definition) is 2. The van der Waals surface area contributed by atoms with Crippen molar-refractivity contribution < 1.29 is 9.18 Å². The molecule has 20 heavy (non-hydrogen) atoms. The van der Waals surface area contributed by atoms with Crippen molar-refractivity contribution in [1.82, 2.24) is 5.32 Å². The van der Waals surface area contributed by atoms with Gasteiger partial charge in [0.1, 0.15) is 11.6 Å². The van der Waals surface area contributed by atoms with Gasteiger partial charge in [0.15, 0.2) is 0 Å². The molecule has 1 aromatic carbocycles. The highest BCUT2D eigenvalue weighted by Crippen LogP contribution is 2.34. The minimum Gasteiger partial charge on any atom is -0.316 e. The molecule has 1 heterocycles. The molecule has 110 valence electrons. The molecular weight excluding hydrogens is 277 g/mol. The molecule has 4 heteroatoms. The molecule has 1 N–H and O–H groups in total. The molecule has 1 atom stereocenters. The molecule has 1 aliphatic heterocycles. The van der Waals surface area contributed by atoms with Crippen LogP contribution in [0, 0.1) is 11.2 Å². The summed E-state index contributed by atoms with van der Waals surface area (Å²) in [4.78, 5) is 12.7. The average molecular weight is 298 g/mol. The predicted octanol–water partition coefficient (Wildman–Crippen LogP) is 3.76. The minimum absolute atomic E-state index is 0.0848. The summed E-state index contributed by atoms with van der Waals surface area (Å²) in [6.07, 6.45) is 4.23. The first-order chi connectivity index (χ1) is 9.57. The highest BCUT2D eigenvalue weighted by molar-refractivity contribution is 6.30. The Labute approximate surface area is 124 Å². The van der Waals surface area contributed by atoms with E-state index in [4.69, 9.17) is 11.6 Å². The van der Waals surface area contributed by atoms with Crippen molar-refractivity contribution in [3.63, 3.8) is 0 Å². The van der Waals surface area contributed by atoms with Gasteiger partial charge in [-0.15, -0.1) is 0 Å². The highest BCUT2D eigenvalue weighted by atomic mass is 35.5. The Morgan fingerprint density at radius 2 is 2.30 bits per heavy atom. The van der Waals surface area contributed by atoms with Gasteiger partial charge in [0.25, 0.3) is 0 Å². The molecule has 1 aromatic rings. The smallest absolute Gasteiger partial charge is 0.144 e. The number of piperidine rings is 1. The number of hydrogen-bond donors (Lipinski definition) is 1. The lowest BCUT2D eigenvalue weighted by molar-refractivity contribution is -0.129. The molecule has 0 amide bonds. The van der Waals surface area contributed by atoms with Crippen LogP contribution in [0.25, 0.3) is 0 Å². The first-order valence-corrected chi connectivity index (χ1v) is 7.63. The number of rotatable bonds is 5. The van der Waals surface area contributed by atoms with Crippen molar-refractivity contribution in [3.8, 4) is 0 Å². The fraction of sp³-hybridized carbons (Fsp3) is 0.562. The normalized spacial score (nSPS) is 22.8. The van der Waals surface area contributed by atoms with Crippen molar-refractivity contribution in [2.24, 2.45) is 5.41 Å². The number of ketones is 1.